The van der Waals surface area contributed by atoms with E-state index in [4.69, 9.17) is 4.74 Å². The van der Waals surface area contributed by atoms with Crippen LogP contribution in [-0.2, 0) is 4.79 Å². The summed E-state index contributed by atoms with van der Waals surface area (Å²) >= 11 is 0. The van der Waals surface area contributed by atoms with Crippen LogP contribution in [0.25, 0.3) is 22.0 Å². The number of H-pyrrole nitrogens is 1. The van der Waals surface area contributed by atoms with E-state index in [1.807, 2.05) is 24.4 Å². The number of hydrogen-bond donors (Lipinski definition) is 2. The molecule has 202 valence electrons. The topological polar surface area (TPSA) is 70.2 Å². The van der Waals surface area contributed by atoms with E-state index in [2.05, 4.69) is 96.9 Å². The monoisotopic (exact) mass is 522 g/mol. The van der Waals surface area contributed by atoms with E-state index in [1.165, 1.54) is 16.7 Å². The molecule has 0 bridgehead atoms. The molecule has 0 radical (unpaired) electrons. The Morgan fingerprint density at radius 2 is 1.72 bits per heavy atom. The molecule has 0 saturated carbocycles. The van der Waals surface area contributed by atoms with Gasteiger partial charge in [0.25, 0.3) is 0 Å². The van der Waals surface area contributed by atoms with Crippen LogP contribution in [-0.4, -0.2) is 53.8 Å². The molecule has 6 nitrogen and oxygen atoms in total. The Labute approximate surface area is 231 Å². The maximum absolute atomic E-state index is 11.7. The van der Waals surface area contributed by atoms with Gasteiger partial charge in [0, 0.05) is 38.1 Å². The fourth-order valence-electron chi connectivity index (χ4n) is 4.52. The molecule has 0 aliphatic heterocycles. The van der Waals surface area contributed by atoms with Gasteiger partial charge in [-0.05, 0) is 72.4 Å². The smallest absolute Gasteiger partial charge is 0.245 e. The highest BCUT2D eigenvalue weighted by atomic mass is 16.5. The van der Waals surface area contributed by atoms with Crippen molar-refractivity contribution in [3.63, 3.8) is 0 Å². The predicted octanol–water partition coefficient (Wildman–Crippen LogP) is 6.32. The number of carbonyl (C=O) groups is 1. The van der Waals surface area contributed by atoms with Gasteiger partial charge in [-0.25, -0.2) is 0 Å². The predicted molar refractivity (Wildman–Crippen MR) is 161 cm³/mol. The van der Waals surface area contributed by atoms with Crippen LogP contribution in [0.1, 0.15) is 43.9 Å². The molecule has 2 atom stereocenters. The largest absolute Gasteiger partial charge is 0.489 e. The van der Waals surface area contributed by atoms with Crippen molar-refractivity contribution in [2.24, 2.45) is 0 Å². The number of aromatic amines is 1. The van der Waals surface area contributed by atoms with Crippen molar-refractivity contribution in [3.8, 4) is 5.75 Å². The third kappa shape index (κ3) is 7.03. The van der Waals surface area contributed by atoms with Crippen LogP contribution in [0.5, 0.6) is 5.75 Å². The van der Waals surface area contributed by atoms with Crippen molar-refractivity contribution < 1.29 is 9.53 Å². The molecule has 0 spiro atoms. The summed E-state index contributed by atoms with van der Waals surface area (Å²) in [6, 6.07) is 25.5. The van der Waals surface area contributed by atoms with Gasteiger partial charge in [0.15, 0.2) is 0 Å². The second-order valence-electron chi connectivity index (χ2n) is 9.92. The summed E-state index contributed by atoms with van der Waals surface area (Å²) in [5.41, 5.74) is 7.04. The number of ether oxygens (including phenoxy) is 1. The maximum Gasteiger partial charge on any atom is 0.245 e. The minimum absolute atomic E-state index is 0.0227. The van der Waals surface area contributed by atoms with Gasteiger partial charge in [-0.3, -0.25) is 9.89 Å². The van der Waals surface area contributed by atoms with Crippen LogP contribution in [0.4, 0.5) is 0 Å². The quantitative estimate of drug-likeness (QED) is 0.179. The molecule has 2 N–H and O–H groups in total. The van der Waals surface area contributed by atoms with Gasteiger partial charge in [0.05, 0.1) is 11.7 Å². The first-order valence-electron chi connectivity index (χ1n) is 13.5. The number of amides is 1. The Kier molecular flexibility index (Phi) is 9.34. The van der Waals surface area contributed by atoms with Crippen molar-refractivity contribution in [1.82, 2.24) is 20.4 Å². The third-order valence-corrected chi connectivity index (χ3v) is 6.93. The highest BCUT2D eigenvalue weighted by molar-refractivity contribution is 6.00. The summed E-state index contributed by atoms with van der Waals surface area (Å²) in [4.78, 5) is 13.2. The van der Waals surface area contributed by atoms with Crippen LogP contribution in [0.2, 0.25) is 0 Å². The SMILES string of the molecule is CCC(=C(c1ccc(OC(C)C(C)NCC=CC(=O)N(C)C)cc1)c1ccc2[nH]ncc2c1)c1ccccc1. The van der Waals surface area contributed by atoms with Gasteiger partial charge >= 0.3 is 0 Å². The zero-order valence-electron chi connectivity index (χ0n) is 23.4. The number of fused-ring (bicyclic) bond motifs is 1. The van der Waals surface area contributed by atoms with Crippen LogP contribution >= 0.6 is 0 Å². The third-order valence-electron chi connectivity index (χ3n) is 6.93. The van der Waals surface area contributed by atoms with Crippen LogP contribution in [0.15, 0.2) is 91.1 Å². The van der Waals surface area contributed by atoms with Crippen LogP contribution in [0.3, 0.4) is 0 Å². The first-order chi connectivity index (χ1) is 18.9. The Morgan fingerprint density at radius 1 is 1.00 bits per heavy atom. The van der Waals surface area contributed by atoms with Gasteiger partial charge in [0.2, 0.25) is 5.91 Å². The van der Waals surface area contributed by atoms with Crippen molar-refractivity contribution in [3.05, 3.63) is 108 Å². The molecule has 1 heterocycles. The molecule has 1 aromatic heterocycles. The number of carbonyl (C=O) groups excluding carboxylic acids is 1. The number of rotatable bonds is 11. The molecule has 4 aromatic rings. The normalized spacial score (nSPS) is 13.8. The van der Waals surface area contributed by atoms with E-state index in [-0.39, 0.29) is 18.1 Å². The summed E-state index contributed by atoms with van der Waals surface area (Å²) in [5.74, 6) is 0.797. The number of hydrogen-bond acceptors (Lipinski definition) is 4. The highest BCUT2D eigenvalue weighted by Gasteiger charge is 2.16. The van der Waals surface area contributed by atoms with E-state index in [0.29, 0.717) is 6.54 Å². The fraction of sp³-hybridized carbons (Fsp3) is 0.273. The summed E-state index contributed by atoms with van der Waals surface area (Å²) in [6.07, 6.45) is 6.14. The molecule has 0 aliphatic carbocycles. The lowest BCUT2D eigenvalue weighted by Crippen LogP contribution is -2.39. The summed E-state index contributed by atoms with van der Waals surface area (Å²) in [7, 11) is 3.48. The molecular formula is C33H38N4O2. The number of aromatic nitrogens is 2. The number of benzene rings is 3. The lowest BCUT2D eigenvalue weighted by molar-refractivity contribution is -0.123. The van der Waals surface area contributed by atoms with Crippen LogP contribution in [0, 0.1) is 0 Å². The molecule has 1 amide bonds. The van der Waals surface area contributed by atoms with Gasteiger partial charge in [-0.2, -0.15) is 5.10 Å². The van der Waals surface area contributed by atoms with Crippen molar-refractivity contribution in [2.45, 2.75) is 39.3 Å². The Morgan fingerprint density at radius 3 is 2.41 bits per heavy atom. The standard InChI is InChI=1S/C33H38N4O2/c1-6-30(25-11-8-7-9-12-25)33(27-16-19-31-28(21-27)22-35-36-31)26-14-17-29(18-15-26)39-24(3)23(2)34-20-10-13-32(38)37(4)5/h7-19,21-24,34H,6,20H2,1-5H3,(H,35,36). The van der Waals surface area contributed by atoms with Gasteiger partial charge < -0.3 is 15.0 Å². The Bertz CT molecular complexity index is 1440. The number of allylic oxidation sites excluding steroid dienone is 1. The molecule has 0 aliphatic rings. The van der Waals surface area contributed by atoms with Gasteiger partial charge in [-0.15, -0.1) is 0 Å². The zero-order chi connectivity index (χ0) is 27.8. The first kappa shape index (κ1) is 27.9. The van der Waals surface area contributed by atoms with E-state index >= 15 is 0 Å². The average molecular weight is 523 g/mol. The van der Waals surface area contributed by atoms with Crippen molar-refractivity contribution >= 4 is 28.0 Å². The van der Waals surface area contributed by atoms with E-state index in [0.717, 1.165) is 34.2 Å². The molecule has 3 aromatic carbocycles. The molecular weight excluding hydrogens is 484 g/mol. The van der Waals surface area contributed by atoms with Crippen molar-refractivity contribution in [1.29, 1.82) is 0 Å². The summed E-state index contributed by atoms with van der Waals surface area (Å²) in [6.45, 7) is 6.94. The lowest BCUT2D eigenvalue weighted by Gasteiger charge is -2.23. The Balaban J connectivity index is 1.55. The average Bonchev–Trinajstić information content (AvgIpc) is 3.42. The molecule has 39 heavy (non-hydrogen) atoms. The lowest BCUT2D eigenvalue weighted by atomic mass is 9.88. The molecule has 0 saturated heterocycles. The Hall–Kier alpha value is -4.16. The number of likely N-dealkylation sites (N-methyl/N-ethyl adjacent to an activating group) is 1. The number of nitrogens with zero attached hydrogens (tertiary/aromatic N) is 2. The molecule has 6 heteroatoms. The van der Waals surface area contributed by atoms with E-state index in [1.54, 1.807) is 25.1 Å². The first-order valence-corrected chi connectivity index (χ1v) is 13.5. The molecule has 2 unspecified atom stereocenters. The summed E-state index contributed by atoms with van der Waals surface area (Å²) in [5, 5.41) is 11.7. The number of nitrogens with one attached hydrogen (secondary N) is 2. The zero-order valence-corrected chi connectivity index (χ0v) is 23.4. The summed E-state index contributed by atoms with van der Waals surface area (Å²) < 4.78 is 6.26. The fourth-order valence-corrected chi connectivity index (χ4v) is 4.52. The molecule has 0 fully saturated rings. The van der Waals surface area contributed by atoms with Crippen LogP contribution < -0.4 is 10.1 Å². The van der Waals surface area contributed by atoms with E-state index < -0.39 is 0 Å². The highest BCUT2D eigenvalue weighted by Crippen LogP contribution is 2.36. The minimum Gasteiger partial charge on any atom is -0.489 e. The minimum atomic E-state index is -0.0529. The molecule has 4 rings (SSSR count). The second kappa shape index (κ2) is 13.1. The maximum atomic E-state index is 11.7. The second-order valence-corrected chi connectivity index (χ2v) is 9.92. The van der Waals surface area contributed by atoms with Gasteiger partial charge in [0.1, 0.15) is 11.9 Å². The van der Waals surface area contributed by atoms with E-state index in [9.17, 15) is 4.79 Å². The van der Waals surface area contributed by atoms with Crippen molar-refractivity contribution in [2.75, 3.05) is 20.6 Å². The van der Waals surface area contributed by atoms with Gasteiger partial charge in [-0.1, -0.05) is 61.5 Å².